The Kier molecular flexibility index (Phi) is 2.79. The van der Waals surface area contributed by atoms with Gasteiger partial charge in [0.15, 0.2) is 0 Å². The second-order valence-electron chi connectivity index (χ2n) is 4.20. The molecule has 0 aliphatic heterocycles. The van der Waals surface area contributed by atoms with Crippen LogP contribution in [0, 0.1) is 5.82 Å². The summed E-state index contributed by atoms with van der Waals surface area (Å²) in [5, 5.41) is 8.35. The molecule has 1 heterocycles. The Labute approximate surface area is 108 Å². The molecule has 0 aliphatic rings. The van der Waals surface area contributed by atoms with Gasteiger partial charge >= 0.3 is 0 Å². The maximum absolute atomic E-state index is 13.1. The number of hydrogen-bond donors (Lipinski definition) is 0. The minimum absolute atomic E-state index is 0.203. The molecule has 3 rings (SSSR count). The SMILES string of the molecule is O=c1c2ccccc2nnn1Cc1cccc(F)c1. The molecular weight excluding hydrogens is 245 g/mol. The van der Waals surface area contributed by atoms with Gasteiger partial charge in [0, 0.05) is 0 Å². The molecule has 0 fully saturated rings. The van der Waals surface area contributed by atoms with Crippen LogP contribution < -0.4 is 5.56 Å². The zero-order valence-corrected chi connectivity index (χ0v) is 9.95. The van der Waals surface area contributed by atoms with Gasteiger partial charge in [-0.25, -0.2) is 9.07 Å². The van der Waals surface area contributed by atoms with Crippen molar-refractivity contribution in [1.82, 2.24) is 15.0 Å². The quantitative estimate of drug-likeness (QED) is 0.703. The van der Waals surface area contributed by atoms with E-state index in [1.807, 2.05) is 0 Å². The molecule has 0 saturated heterocycles. The second kappa shape index (κ2) is 4.61. The lowest BCUT2D eigenvalue weighted by Gasteiger charge is -2.04. The molecule has 0 N–H and O–H groups in total. The molecule has 0 aliphatic carbocycles. The average molecular weight is 255 g/mol. The standard InChI is InChI=1S/C14H10FN3O/c15-11-5-3-4-10(8-11)9-18-14(19)12-6-1-2-7-13(12)16-17-18/h1-8H,9H2. The molecule has 4 nitrogen and oxygen atoms in total. The largest absolute Gasteiger partial charge is 0.277 e. The van der Waals surface area contributed by atoms with Crippen LogP contribution in [0.3, 0.4) is 0 Å². The molecule has 1 aromatic heterocycles. The van der Waals surface area contributed by atoms with Crippen LogP contribution in [0.15, 0.2) is 53.3 Å². The highest BCUT2D eigenvalue weighted by Gasteiger charge is 2.05. The van der Waals surface area contributed by atoms with Gasteiger partial charge in [-0.1, -0.05) is 29.5 Å². The van der Waals surface area contributed by atoms with E-state index in [1.54, 1.807) is 36.4 Å². The Morgan fingerprint density at radius 2 is 1.95 bits per heavy atom. The predicted octanol–water partition coefficient (Wildman–Crippen LogP) is 1.98. The van der Waals surface area contributed by atoms with Crippen molar-refractivity contribution in [3.8, 4) is 0 Å². The van der Waals surface area contributed by atoms with Crippen molar-refractivity contribution in [2.75, 3.05) is 0 Å². The number of fused-ring (bicyclic) bond motifs is 1. The Morgan fingerprint density at radius 3 is 2.79 bits per heavy atom. The van der Waals surface area contributed by atoms with E-state index >= 15 is 0 Å². The topological polar surface area (TPSA) is 47.8 Å². The lowest BCUT2D eigenvalue weighted by Crippen LogP contribution is -2.24. The van der Waals surface area contributed by atoms with Crippen molar-refractivity contribution in [3.63, 3.8) is 0 Å². The van der Waals surface area contributed by atoms with E-state index < -0.39 is 0 Å². The van der Waals surface area contributed by atoms with Gasteiger partial charge < -0.3 is 0 Å². The lowest BCUT2D eigenvalue weighted by atomic mass is 10.2. The zero-order valence-electron chi connectivity index (χ0n) is 9.95. The number of hydrogen-bond acceptors (Lipinski definition) is 3. The van der Waals surface area contributed by atoms with Crippen LogP contribution in [0.25, 0.3) is 10.9 Å². The molecule has 5 heteroatoms. The fourth-order valence-corrected chi connectivity index (χ4v) is 1.94. The molecule has 19 heavy (non-hydrogen) atoms. The van der Waals surface area contributed by atoms with Crippen molar-refractivity contribution in [1.29, 1.82) is 0 Å². The first-order valence-corrected chi connectivity index (χ1v) is 5.81. The minimum atomic E-state index is -0.334. The van der Waals surface area contributed by atoms with Gasteiger partial charge in [0.05, 0.1) is 11.9 Å². The van der Waals surface area contributed by atoms with Crippen LogP contribution in [0.1, 0.15) is 5.56 Å². The highest BCUT2D eigenvalue weighted by Crippen LogP contribution is 2.06. The highest BCUT2D eigenvalue weighted by molar-refractivity contribution is 5.76. The van der Waals surface area contributed by atoms with Crippen LogP contribution in [-0.4, -0.2) is 15.0 Å². The molecule has 0 saturated carbocycles. The monoisotopic (exact) mass is 255 g/mol. The molecule has 0 unspecified atom stereocenters. The van der Waals surface area contributed by atoms with Crippen LogP contribution in [0.4, 0.5) is 4.39 Å². The summed E-state index contributed by atoms with van der Waals surface area (Å²) in [5.41, 5.74) is 1.00. The van der Waals surface area contributed by atoms with Gasteiger partial charge in [-0.15, -0.1) is 5.10 Å². The maximum atomic E-state index is 13.1. The summed E-state index contributed by atoms with van der Waals surface area (Å²) in [6, 6.07) is 13.1. The summed E-state index contributed by atoms with van der Waals surface area (Å²) in [4.78, 5) is 12.2. The number of benzene rings is 2. The van der Waals surface area contributed by atoms with Gasteiger partial charge in [-0.3, -0.25) is 4.79 Å². The zero-order chi connectivity index (χ0) is 13.2. The third kappa shape index (κ3) is 2.22. The fourth-order valence-electron chi connectivity index (χ4n) is 1.94. The third-order valence-electron chi connectivity index (χ3n) is 2.85. The Bertz CT molecular complexity index is 798. The van der Waals surface area contributed by atoms with Gasteiger partial charge in [-0.2, -0.15) is 0 Å². The van der Waals surface area contributed by atoms with Crippen molar-refractivity contribution < 1.29 is 4.39 Å². The third-order valence-corrected chi connectivity index (χ3v) is 2.85. The van der Waals surface area contributed by atoms with Crippen molar-refractivity contribution >= 4 is 10.9 Å². The van der Waals surface area contributed by atoms with Crippen molar-refractivity contribution in [3.05, 3.63) is 70.3 Å². The van der Waals surface area contributed by atoms with Crippen LogP contribution in [0.5, 0.6) is 0 Å². The van der Waals surface area contributed by atoms with E-state index in [4.69, 9.17) is 0 Å². The summed E-state index contributed by atoms with van der Waals surface area (Å²) >= 11 is 0. The molecular formula is C14H10FN3O. The minimum Gasteiger partial charge on any atom is -0.267 e. The molecule has 0 bridgehead atoms. The van der Waals surface area contributed by atoms with Gasteiger partial charge in [0.1, 0.15) is 11.3 Å². The van der Waals surface area contributed by atoms with Crippen molar-refractivity contribution in [2.45, 2.75) is 6.54 Å². The lowest BCUT2D eigenvalue weighted by molar-refractivity contribution is 0.590. The summed E-state index contributed by atoms with van der Waals surface area (Å²) in [5.74, 6) is -0.334. The summed E-state index contributed by atoms with van der Waals surface area (Å²) in [7, 11) is 0. The summed E-state index contributed by atoms with van der Waals surface area (Å²) in [6.07, 6.45) is 0. The molecule has 0 atom stereocenters. The van der Waals surface area contributed by atoms with E-state index in [0.717, 1.165) is 0 Å². The molecule has 2 aromatic carbocycles. The number of aromatic nitrogens is 3. The van der Waals surface area contributed by atoms with E-state index in [-0.39, 0.29) is 17.9 Å². The predicted molar refractivity (Wildman–Crippen MR) is 69.3 cm³/mol. The van der Waals surface area contributed by atoms with E-state index in [1.165, 1.54) is 16.8 Å². The normalized spacial score (nSPS) is 10.8. The first kappa shape index (κ1) is 11.5. The highest BCUT2D eigenvalue weighted by atomic mass is 19.1. The summed E-state index contributed by atoms with van der Waals surface area (Å²) in [6.45, 7) is 0.203. The van der Waals surface area contributed by atoms with E-state index in [0.29, 0.717) is 16.5 Å². The van der Waals surface area contributed by atoms with Gasteiger partial charge in [0.2, 0.25) is 0 Å². The van der Waals surface area contributed by atoms with E-state index in [9.17, 15) is 9.18 Å². The molecule has 0 radical (unpaired) electrons. The first-order chi connectivity index (χ1) is 9.24. The molecule has 94 valence electrons. The van der Waals surface area contributed by atoms with Crippen LogP contribution >= 0.6 is 0 Å². The number of halogens is 1. The van der Waals surface area contributed by atoms with Crippen LogP contribution in [0.2, 0.25) is 0 Å². The number of nitrogens with zero attached hydrogens (tertiary/aromatic N) is 3. The summed E-state index contributed by atoms with van der Waals surface area (Å²) < 4.78 is 14.3. The van der Waals surface area contributed by atoms with Gasteiger partial charge in [-0.05, 0) is 29.8 Å². The average Bonchev–Trinajstić information content (AvgIpc) is 2.42. The first-order valence-electron chi connectivity index (χ1n) is 5.81. The Morgan fingerprint density at radius 1 is 1.11 bits per heavy atom. The van der Waals surface area contributed by atoms with Crippen molar-refractivity contribution in [2.24, 2.45) is 0 Å². The Hall–Kier alpha value is -2.56. The maximum Gasteiger partial charge on any atom is 0.277 e. The Balaban J connectivity index is 2.06. The smallest absolute Gasteiger partial charge is 0.267 e. The molecule has 0 amide bonds. The number of rotatable bonds is 2. The fraction of sp³-hybridized carbons (Fsp3) is 0.0714. The second-order valence-corrected chi connectivity index (χ2v) is 4.20. The molecule has 0 spiro atoms. The van der Waals surface area contributed by atoms with Gasteiger partial charge in [0.25, 0.3) is 5.56 Å². The van der Waals surface area contributed by atoms with E-state index in [2.05, 4.69) is 10.3 Å². The molecule has 3 aromatic rings. The van der Waals surface area contributed by atoms with Crippen LogP contribution in [-0.2, 0) is 6.54 Å².